The number of aromatic nitrogens is 4. The van der Waals surface area contributed by atoms with E-state index in [-0.39, 0.29) is 5.78 Å². The number of H-pyrrole nitrogens is 2. The van der Waals surface area contributed by atoms with Gasteiger partial charge >= 0.3 is 0 Å². The highest BCUT2D eigenvalue weighted by molar-refractivity contribution is 5.95. The maximum absolute atomic E-state index is 11.5. The quantitative estimate of drug-likeness (QED) is 0.450. The molecule has 0 spiro atoms. The van der Waals surface area contributed by atoms with Crippen LogP contribution in [0.1, 0.15) is 17.3 Å². The number of benzene rings is 3. The van der Waals surface area contributed by atoms with E-state index in [0.717, 1.165) is 50.1 Å². The van der Waals surface area contributed by atoms with Gasteiger partial charge in [-0.15, -0.1) is 0 Å². The second kappa shape index (κ2) is 5.92. The molecule has 0 atom stereocenters. The summed E-state index contributed by atoms with van der Waals surface area (Å²) in [5, 5.41) is 8.46. The Bertz CT molecular complexity index is 1300. The molecule has 0 radical (unpaired) electrons. The molecule has 5 rings (SSSR count). The summed E-state index contributed by atoms with van der Waals surface area (Å²) in [7, 11) is 0. The molecule has 5 nitrogen and oxygen atoms in total. The summed E-state index contributed by atoms with van der Waals surface area (Å²) in [4.78, 5) is 19.6. The molecule has 0 bridgehead atoms. The van der Waals surface area contributed by atoms with Gasteiger partial charge in [-0.25, -0.2) is 4.98 Å². The second-order valence-electron chi connectivity index (χ2n) is 6.57. The lowest BCUT2D eigenvalue weighted by atomic mass is 10.0. The van der Waals surface area contributed by atoms with Crippen LogP contribution in [0, 0.1) is 0 Å². The van der Waals surface area contributed by atoms with E-state index in [0.29, 0.717) is 0 Å². The summed E-state index contributed by atoms with van der Waals surface area (Å²) in [6.07, 6.45) is 0. The average molecular weight is 352 g/mol. The Balaban J connectivity index is 1.58. The molecule has 0 aliphatic rings. The van der Waals surface area contributed by atoms with Crippen LogP contribution in [0.5, 0.6) is 0 Å². The summed E-state index contributed by atoms with van der Waals surface area (Å²) >= 11 is 0. The molecule has 0 saturated carbocycles. The Kier molecular flexibility index (Phi) is 3.40. The molecule has 0 amide bonds. The first-order chi connectivity index (χ1) is 13.2. The van der Waals surface area contributed by atoms with Gasteiger partial charge in [0, 0.05) is 10.9 Å². The second-order valence-corrected chi connectivity index (χ2v) is 6.57. The molecule has 27 heavy (non-hydrogen) atoms. The van der Waals surface area contributed by atoms with Crippen molar-refractivity contribution in [3.63, 3.8) is 0 Å². The summed E-state index contributed by atoms with van der Waals surface area (Å²) in [5.74, 6) is 0.838. The first-order valence-electron chi connectivity index (χ1n) is 8.74. The van der Waals surface area contributed by atoms with Crippen molar-refractivity contribution in [2.75, 3.05) is 0 Å². The fourth-order valence-electron chi connectivity index (χ4n) is 3.34. The van der Waals surface area contributed by atoms with Crippen LogP contribution in [0.15, 0.2) is 66.7 Å². The number of hydrogen-bond acceptors (Lipinski definition) is 3. The number of ketones is 1. The topological polar surface area (TPSA) is 74.4 Å². The van der Waals surface area contributed by atoms with Crippen molar-refractivity contribution >= 4 is 27.7 Å². The van der Waals surface area contributed by atoms with Crippen molar-refractivity contribution in [1.29, 1.82) is 0 Å². The van der Waals surface area contributed by atoms with Gasteiger partial charge < -0.3 is 4.98 Å². The molecule has 2 heterocycles. The monoisotopic (exact) mass is 352 g/mol. The van der Waals surface area contributed by atoms with Crippen molar-refractivity contribution in [2.24, 2.45) is 0 Å². The number of hydrogen-bond donors (Lipinski definition) is 2. The molecule has 0 fully saturated rings. The van der Waals surface area contributed by atoms with Crippen molar-refractivity contribution in [1.82, 2.24) is 20.2 Å². The SMILES string of the molecule is CC(=O)c1ccc(-c2ccc3nc(-c4[nH]nc5ccccc45)[nH]c3c2)cc1. The number of nitrogens with one attached hydrogen (secondary N) is 2. The molecule has 2 aromatic heterocycles. The van der Waals surface area contributed by atoms with E-state index in [1.54, 1.807) is 6.92 Å². The Labute approximate surface area is 155 Å². The van der Waals surface area contributed by atoms with Crippen LogP contribution in [0.25, 0.3) is 44.6 Å². The number of para-hydroxylation sites is 1. The fourth-order valence-corrected chi connectivity index (χ4v) is 3.34. The molecular formula is C22H16N4O. The van der Waals surface area contributed by atoms with Gasteiger partial charge in [0.25, 0.3) is 0 Å². The zero-order chi connectivity index (χ0) is 18.4. The first-order valence-corrected chi connectivity index (χ1v) is 8.74. The zero-order valence-electron chi connectivity index (χ0n) is 14.7. The van der Waals surface area contributed by atoms with Gasteiger partial charge in [-0.1, -0.05) is 48.5 Å². The van der Waals surface area contributed by atoms with E-state index in [4.69, 9.17) is 4.98 Å². The molecule has 3 aromatic carbocycles. The minimum atomic E-state index is 0.0713. The predicted octanol–water partition coefficient (Wildman–Crippen LogP) is 4.98. The van der Waals surface area contributed by atoms with Gasteiger partial charge in [-0.3, -0.25) is 9.89 Å². The number of aromatic amines is 2. The zero-order valence-corrected chi connectivity index (χ0v) is 14.7. The molecule has 0 aliphatic carbocycles. The van der Waals surface area contributed by atoms with E-state index < -0.39 is 0 Å². The van der Waals surface area contributed by atoms with E-state index in [1.807, 2.05) is 60.7 Å². The van der Waals surface area contributed by atoms with E-state index in [2.05, 4.69) is 21.2 Å². The third kappa shape index (κ3) is 2.60. The Hall–Kier alpha value is -3.73. The third-order valence-electron chi connectivity index (χ3n) is 4.80. The minimum Gasteiger partial charge on any atom is -0.337 e. The summed E-state index contributed by atoms with van der Waals surface area (Å²) in [6.45, 7) is 1.58. The van der Waals surface area contributed by atoms with Crippen molar-refractivity contribution in [2.45, 2.75) is 6.92 Å². The van der Waals surface area contributed by atoms with Crippen LogP contribution in [0.2, 0.25) is 0 Å². The minimum absolute atomic E-state index is 0.0713. The molecule has 130 valence electrons. The van der Waals surface area contributed by atoms with Crippen molar-refractivity contribution in [3.05, 3.63) is 72.3 Å². The lowest BCUT2D eigenvalue weighted by Crippen LogP contribution is -1.90. The van der Waals surface area contributed by atoms with Crippen LogP contribution in [-0.4, -0.2) is 25.9 Å². The number of fused-ring (bicyclic) bond motifs is 2. The summed E-state index contributed by atoms with van der Waals surface area (Å²) < 4.78 is 0. The highest BCUT2D eigenvalue weighted by Crippen LogP contribution is 2.28. The van der Waals surface area contributed by atoms with Crippen molar-refractivity contribution in [3.8, 4) is 22.6 Å². The van der Waals surface area contributed by atoms with Gasteiger partial charge in [0.2, 0.25) is 0 Å². The fraction of sp³-hybridized carbons (Fsp3) is 0.0455. The highest BCUT2D eigenvalue weighted by atomic mass is 16.1. The number of rotatable bonds is 3. The number of Topliss-reactive ketones (excluding diaryl/α,β-unsaturated/α-hetero) is 1. The van der Waals surface area contributed by atoms with Gasteiger partial charge in [0.1, 0.15) is 5.69 Å². The number of carbonyl (C=O) groups excluding carboxylic acids is 1. The maximum atomic E-state index is 11.5. The van der Waals surface area contributed by atoms with Crippen LogP contribution in [0.3, 0.4) is 0 Å². The smallest absolute Gasteiger partial charge is 0.159 e. The van der Waals surface area contributed by atoms with Crippen molar-refractivity contribution < 1.29 is 4.79 Å². The lowest BCUT2D eigenvalue weighted by Gasteiger charge is -2.03. The third-order valence-corrected chi connectivity index (χ3v) is 4.80. The highest BCUT2D eigenvalue weighted by Gasteiger charge is 2.12. The van der Waals surface area contributed by atoms with E-state index >= 15 is 0 Å². The number of imidazole rings is 1. The standard InChI is InChI=1S/C22H16N4O/c1-13(27)14-6-8-15(9-7-14)16-10-11-19-20(12-16)24-22(23-19)21-17-4-2-3-5-18(17)25-26-21/h2-12H,1H3,(H,23,24)(H,25,26). The molecule has 0 unspecified atom stereocenters. The molecule has 0 saturated heterocycles. The summed E-state index contributed by atoms with van der Waals surface area (Å²) in [5.41, 5.74) is 6.50. The number of nitrogens with zero attached hydrogens (tertiary/aromatic N) is 2. The summed E-state index contributed by atoms with van der Waals surface area (Å²) in [6, 6.07) is 21.7. The van der Waals surface area contributed by atoms with Crippen LogP contribution in [-0.2, 0) is 0 Å². The molecule has 2 N–H and O–H groups in total. The lowest BCUT2D eigenvalue weighted by molar-refractivity contribution is 0.101. The normalized spacial score (nSPS) is 11.3. The Morgan fingerprint density at radius 3 is 2.48 bits per heavy atom. The maximum Gasteiger partial charge on any atom is 0.159 e. The van der Waals surface area contributed by atoms with Crippen LogP contribution >= 0.6 is 0 Å². The van der Waals surface area contributed by atoms with E-state index in [1.165, 1.54) is 0 Å². The van der Waals surface area contributed by atoms with Gasteiger partial charge in [0.05, 0.1) is 16.6 Å². The largest absolute Gasteiger partial charge is 0.337 e. The van der Waals surface area contributed by atoms with Crippen LogP contribution < -0.4 is 0 Å². The molecule has 5 heteroatoms. The van der Waals surface area contributed by atoms with Gasteiger partial charge in [-0.2, -0.15) is 5.10 Å². The first kappa shape index (κ1) is 15.5. The Morgan fingerprint density at radius 2 is 1.67 bits per heavy atom. The Morgan fingerprint density at radius 1 is 0.889 bits per heavy atom. The predicted molar refractivity (Wildman–Crippen MR) is 107 cm³/mol. The van der Waals surface area contributed by atoms with E-state index in [9.17, 15) is 4.79 Å². The molecule has 0 aliphatic heterocycles. The molecular weight excluding hydrogens is 336 g/mol. The number of carbonyl (C=O) groups is 1. The van der Waals surface area contributed by atoms with Crippen LogP contribution in [0.4, 0.5) is 0 Å². The average Bonchev–Trinajstić information content (AvgIpc) is 3.31. The van der Waals surface area contributed by atoms with Gasteiger partial charge in [0.15, 0.2) is 11.6 Å². The van der Waals surface area contributed by atoms with Gasteiger partial charge in [-0.05, 0) is 36.2 Å². The molecule has 5 aromatic rings.